The quantitative estimate of drug-likeness (QED) is 0.129. The van der Waals surface area contributed by atoms with Gasteiger partial charge in [0, 0.05) is 23.6 Å². The molecule has 0 aliphatic carbocycles. The minimum Gasteiger partial charge on any atom is -0.759 e. The Morgan fingerprint density at radius 1 is 0.536 bits per heavy atom. The Morgan fingerprint density at radius 2 is 0.750 bits per heavy atom. The maximum Gasteiger partial charge on any atom is 1.00 e. The van der Waals surface area contributed by atoms with Crippen molar-refractivity contribution in [1.82, 2.24) is 0 Å². The van der Waals surface area contributed by atoms with E-state index in [1.807, 2.05) is 0 Å². The molecular weight excluding hydrogens is 398 g/mol. The SMILES string of the molecule is CCCCCCCCCCCCOCCCCCCCC.O=S(=O)([O-])[O-].[Na+].[Na+]. The maximum atomic E-state index is 8.52. The molecule has 0 aromatic carbocycles. The van der Waals surface area contributed by atoms with Crippen LogP contribution in [0.15, 0.2) is 0 Å². The van der Waals surface area contributed by atoms with Gasteiger partial charge in [0.05, 0.1) is 0 Å². The van der Waals surface area contributed by atoms with Crippen molar-refractivity contribution in [3.63, 3.8) is 0 Å². The molecule has 0 amide bonds. The summed E-state index contributed by atoms with van der Waals surface area (Å²) in [5.74, 6) is 0. The predicted molar refractivity (Wildman–Crippen MR) is 107 cm³/mol. The third-order valence-corrected chi connectivity index (χ3v) is 4.28. The zero-order valence-corrected chi connectivity index (χ0v) is 24.0. The molecule has 0 saturated carbocycles. The van der Waals surface area contributed by atoms with E-state index >= 15 is 0 Å². The average molecular weight is 441 g/mol. The molecule has 0 fully saturated rings. The first-order valence-corrected chi connectivity index (χ1v) is 12.0. The molecule has 0 saturated heterocycles. The van der Waals surface area contributed by atoms with Crippen molar-refractivity contribution in [2.24, 2.45) is 0 Å². The van der Waals surface area contributed by atoms with Gasteiger partial charge < -0.3 is 13.8 Å². The van der Waals surface area contributed by atoms with Crippen LogP contribution in [0.2, 0.25) is 0 Å². The minimum absolute atomic E-state index is 0. The molecule has 0 atom stereocenters. The van der Waals surface area contributed by atoms with Crippen molar-refractivity contribution >= 4 is 10.4 Å². The Morgan fingerprint density at radius 3 is 1.00 bits per heavy atom. The summed E-state index contributed by atoms with van der Waals surface area (Å²) < 4.78 is 39.8. The van der Waals surface area contributed by atoms with Crippen LogP contribution < -0.4 is 59.1 Å². The summed E-state index contributed by atoms with van der Waals surface area (Å²) in [6.45, 7) is 6.54. The summed E-state index contributed by atoms with van der Waals surface area (Å²) >= 11 is 0. The van der Waals surface area contributed by atoms with E-state index in [4.69, 9.17) is 22.3 Å². The average Bonchev–Trinajstić information content (AvgIpc) is 2.56. The summed E-state index contributed by atoms with van der Waals surface area (Å²) in [5, 5.41) is 0. The number of ether oxygens (including phenoxy) is 1. The minimum atomic E-state index is -5.17. The van der Waals surface area contributed by atoms with Gasteiger partial charge in [0.1, 0.15) is 0 Å². The number of rotatable bonds is 18. The third kappa shape index (κ3) is 50.9. The van der Waals surface area contributed by atoms with Gasteiger partial charge in [-0.25, -0.2) is 0 Å². The van der Waals surface area contributed by atoms with Gasteiger partial charge in [0.2, 0.25) is 0 Å². The fraction of sp³-hybridized carbons (Fsp3) is 1.00. The monoisotopic (exact) mass is 440 g/mol. The van der Waals surface area contributed by atoms with E-state index in [2.05, 4.69) is 13.8 Å². The molecule has 0 heterocycles. The van der Waals surface area contributed by atoms with Crippen molar-refractivity contribution in [3.05, 3.63) is 0 Å². The van der Waals surface area contributed by atoms with Gasteiger partial charge in [0.25, 0.3) is 0 Å². The van der Waals surface area contributed by atoms with Gasteiger partial charge in [-0.05, 0) is 12.8 Å². The normalized spacial score (nSPS) is 10.4. The molecule has 0 rings (SSSR count). The molecule has 0 unspecified atom stereocenters. The van der Waals surface area contributed by atoms with Crippen molar-refractivity contribution in [1.29, 1.82) is 0 Å². The topological polar surface area (TPSA) is 89.5 Å². The summed E-state index contributed by atoms with van der Waals surface area (Å²) in [4.78, 5) is 0. The van der Waals surface area contributed by atoms with Gasteiger partial charge in [-0.2, -0.15) is 0 Å². The van der Waals surface area contributed by atoms with Crippen molar-refractivity contribution in [2.75, 3.05) is 13.2 Å². The standard InChI is InChI=1S/C20H42O.2Na.H2O4S/c1-3-5-7-9-11-12-13-14-16-18-20-21-19-17-15-10-8-6-4-2;;;1-5(2,3)4/h3-20H2,1-2H3;;;(H2,1,2,3,4)/q;2*+1;/p-2. The van der Waals surface area contributed by atoms with E-state index in [0.717, 1.165) is 13.2 Å². The van der Waals surface area contributed by atoms with Gasteiger partial charge in [-0.15, -0.1) is 0 Å². The molecule has 0 radical (unpaired) electrons. The second-order valence-electron chi connectivity index (χ2n) is 6.97. The van der Waals surface area contributed by atoms with Crippen molar-refractivity contribution < 1.29 is 81.4 Å². The van der Waals surface area contributed by atoms with Gasteiger partial charge >= 0.3 is 59.1 Å². The molecule has 0 bridgehead atoms. The molecule has 28 heavy (non-hydrogen) atoms. The number of unbranched alkanes of at least 4 members (excludes halogenated alkanes) is 14. The summed E-state index contributed by atoms with van der Waals surface area (Å²) in [6, 6.07) is 0. The molecule has 0 aliphatic heterocycles. The number of hydrogen-bond donors (Lipinski definition) is 0. The Kier molecular flexibility index (Phi) is 41.2. The fourth-order valence-corrected chi connectivity index (χ4v) is 2.78. The van der Waals surface area contributed by atoms with Gasteiger partial charge in [-0.3, -0.25) is 8.42 Å². The van der Waals surface area contributed by atoms with E-state index in [1.165, 1.54) is 103 Å². The van der Waals surface area contributed by atoms with Gasteiger partial charge in [0.15, 0.2) is 0 Å². The molecule has 0 aliphatic rings. The second-order valence-corrected chi connectivity index (χ2v) is 7.79. The van der Waals surface area contributed by atoms with Crippen LogP contribution in [-0.2, 0) is 15.1 Å². The predicted octanol–water partition coefficient (Wildman–Crippen LogP) is -0.0456. The largest absolute Gasteiger partial charge is 1.00 e. The molecule has 8 heteroatoms. The van der Waals surface area contributed by atoms with Crippen LogP contribution >= 0.6 is 0 Å². The van der Waals surface area contributed by atoms with Crippen LogP contribution in [0.4, 0.5) is 0 Å². The molecule has 0 aromatic heterocycles. The van der Waals surface area contributed by atoms with Crippen LogP contribution in [0.5, 0.6) is 0 Å². The zero-order valence-electron chi connectivity index (χ0n) is 19.2. The molecule has 0 aromatic rings. The molecule has 160 valence electrons. The summed E-state index contributed by atoms with van der Waals surface area (Å²) in [7, 11) is -5.17. The first-order chi connectivity index (χ1) is 12.4. The Labute approximate surface area is 219 Å². The van der Waals surface area contributed by atoms with Crippen molar-refractivity contribution in [3.8, 4) is 0 Å². The van der Waals surface area contributed by atoms with Crippen LogP contribution in [0.3, 0.4) is 0 Å². The Bertz CT molecular complexity index is 329. The first-order valence-electron chi connectivity index (χ1n) is 10.7. The summed E-state index contributed by atoms with van der Waals surface area (Å²) in [5.41, 5.74) is 0. The van der Waals surface area contributed by atoms with Gasteiger partial charge in [-0.1, -0.05) is 104 Å². The third-order valence-electron chi connectivity index (χ3n) is 4.28. The first kappa shape index (κ1) is 37.2. The van der Waals surface area contributed by atoms with Crippen LogP contribution in [-0.4, -0.2) is 30.7 Å². The Hall–Kier alpha value is 1.83. The summed E-state index contributed by atoms with van der Waals surface area (Å²) in [6.07, 6.45) is 22.2. The van der Waals surface area contributed by atoms with E-state index < -0.39 is 10.4 Å². The van der Waals surface area contributed by atoms with Crippen LogP contribution in [0, 0.1) is 0 Å². The van der Waals surface area contributed by atoms with E-state index in [0.29, 0.717) is 0 Å². The fourth-order valence-electron chi connectivity index (χ4n) is 2.78. The second kappa shape index (κ2) is 31.0. The molecule has 0 N–H and O–H groups in total. The van der Waals surface area contributed by atoms with E-state index in [1.54, 1.807) is 0 Å². The molecule has 0 spiro atoms. The van der Waals surface area contributed by atoms with E-state index in [9.17, 15) is 0 Å². The zero-order chi connectivity index (χ0) is 19.9. The van der Waals surface area contributed by atoms with Crippen LogP contribution in [0.25, 0.3) is 0 Å². The maximum absolute atomic E-state index is 8.52. The Balaban J connectivity index is -0.000000364. The van der Waals surface area contributed by atoms with E-state index in [-0.39, 0.29) is 59.1 Å². The van der Waals surface area contributed by atoms with Crippen molar-refractivity contribution in [2.45, 2.75) is 117 Å². The number of hydrogen-bond acceptors (Lipinski definition) is 5. The van der Waals surface area contributed by atoms with Crippen LogP contribution in [0.1, 0.15) is 117 Å². The smallest absolute Gasteiger partial charge is 0.759 e. The molecular formula is C20H42Na2O5S. The molecule has 5 nitrogen and oxygen atoms in total.